The number of fused-ring (bicyclic) bond motifs is 1. The van der Waals surface area contributed by atoms with Gasteiger partial charge in [0.15, 0.2) is 5.16 Å². The fourth-order valence-corrected chi connectivity index (χ4v) is 5.66. The Morgan fingerprint density at radius 3 is 2.31 bits per heavy atom. The molecule has 1 amide bonds. The Kier molecular flexibility index (Phi) is 6.23. The van der Waals surface area contributed by atoms with Crippen LogP contribution in [-0.4, -0.2) is 51.3 Å². The molecule has 0 N–H and O–H groups in total. The van der Waals surface area contributed by atoms with Crippen molar-refractivity contribution in [3.63, 3.8) is 0 Å². The molecule has 254 valence electrons. The topological polar surface area (TPSA) is 58.4 Å². The number of rotatable bonds is 13. The van der Waals surface area contributed by atoms with Crippen LogP contribution in [0.1, 0.15) is 77.1 Å². The predicted molar refractivity (Wildman–Crippen MR) is 181 cm³/mol. The molecule has 6 nitrogen and oxygen atoms in total. The molecule has 0 spiro atoms. The number of carbonyl (C=O) groups excluding carboxylic acids is 1. The molecule has 1 heterocycles. The van der Waals surface area contributed by atoms with Crippen LogP contribution in [0, 0.1) is 12.7 Å². The molecule has 0 aliphatic heterocycles. The first kappa shape index (κ1) is 19.3. The van der Waals surface area contributed by atoms with Gasteiger partial charge < -0.3 is 14.4 Å². The lowest BCUT2D eigenvalue weighted by Gasteiger charge is -2.28. The van der Waals surface area contributed by atoms with Gasteiger partial charge in [-0.1, -0.05) is 73.9 Å². The second-order valence-electron chi connectivity index (χ2n) is 10.4. The number of hydrogen-bond acceptors (Lipinski definition) is 5. The van der Waals surface area contributed by atoms with Crippen LogP contribution in [0.5, 0.6) is 0 Å². The minimum atomic E-state index is -5.21. The van der Waals surface area contributed by atoms with Gasteiger partial charge in [0.1, 0.15) is 12.4 Å². The molecule has 4 aromatic rings. The zero-order chi connectivity index (χ0) is 49.4. The number of thioether (sulfide) groups is 1. The van der Waals surface area contributed by atoms with Crippen molar-refractivity contribution in [1.82, 2.24) is 19.4 Å². The van der Waals surface area contributed by atoms with Gasteiger partial charge in [-0.15, -0.1) is 0 Å². The van der Waals surface area contributed by atoms with Gasteiger partial charge in [-0.3, -0.25) is 9.59 Å². The number of benzene rings is 3. The Morgan fingerprint density at radius 2 is 1.65 bits per heavy atom. The van der Waals surface area contributed by atoms with E-state index < -0.39 is 150 Å². The van der Waals surface area contributed by atoms with Crippen molar-refractivity contribution >= 4 is 17.7 Å². The van der Waals surface area contributed by atoms with Crippen molar-refractivity contribution in [2.75, 3.05) is 26.1 Å². The third kappa shape index (κ3) is 8.54. The Balaban J connectivity index is 1.76. The van der Waals surface area contributed by atoms with E-state index in [4.69, 9.17) is 17.8 Å². The summed E-state index contributed by atoms with van der Waals surface area (Å²) in [4.78, 5) is 32.8. The molecule has 1 aromatic heterocycles. The third-order valence-corrected chi connectivity index (χ3v) is 8.20. The van der Waals surface area contributed by atoms with Gasteiger partial charge in [-0.05, 0) is 85.2 Å². The first-order valence-corrected chi connectivity index (χ1v) is 15.7. The first-order valence-electron chi connectivity index (χ1n) is 23.2. The molecule has 1 aliphatic carbocycles. The summed E-state index contributed by atoms with van der Waals surface area (Å²) in [5.41, 5.74) is -6.68. The van der Waals surface area contributed by atoms with Crippen molar-refractivity contribution in [1.29, 1.82) is 0 Å². The normalized spacial score (nSPS) is 18.8. The average Bonchev–Trinajstić information content (AvgIpc) is 3.71. The SMILES string of the molecule is [2H]c1c([2H])c(CSc2nc(=O)c3c(n2CC(=O)N(C([2H])([2H])c2c([2H])c([2H])c(-c4c([2H])c([2H])c(C(F)(F)F)c(C)c4[2H])c([2H])c2[2H])C([2H])([2H])C([2H])([2H])N(CC)CC)CCC3)c([2H])c([2H])c1F. The van der Waals surface area contributed by atoms with E-state index in [1.807, 2.05) is 0 Å². The number of amides is 1. The van der Waals surface area contributed by atoms with E-state index in [0.29, 0.717) is 18.2 Å². The summed E-state index contributed by atoms with van der Waals surface area (Å²) in [6, 6.07) is -12.6. The summed E-state index contributed by atoms with van der Waals surface area (Å²) < 4.78 is 205. The first-order chi connectivity index (χ1) is 29.9. The van der Waals surface area contributed by atoms with E-state index in [9.17, 15) is 32.6 Å². The highest BCUT2D eigenvalue weighted by Gasteiger charge is 2.32. The van der Waals surface area contributed by atoms with Gasteiger partial charge >= 0.3 is 6.18 Å². The van der Waals surface area contributed by atoms with E-state index >= 15 is 0 Å². The van der Waals surface area contributed by atoms with Crippen LogP contribution in [0.4, 0.5) is 17.6 Å². The Morgan fingerprint density at radius 1 is 0.979 bits per heavy atom. The lowest BCUT2D eigenvalue weighted by Crippen LogP contribution is -2.40. The number of carbonyl (C=O) groups is 1. The zero-order valence-corrected chi connectivity index (χ0v) is 26.8. The van der Waals surface area contributed by atoms with Gasteiger partial charge in [-0.25, -0.2) is 4.39 Å². The Labute approximate surface area is 306 Å². The predicted octanol–water partition coefficient (Wildman–Crippen LogP) is 7.53. The van der Waals surface area contributed by atoms with Crippen molar-refractivity contribution < 1.29 is 45.7 Å². The number of hydrogen-bond donors (Lipinski definition) is 0. The molecular formula is C37H40F4N4O2S. The maximum absolute atomic E-state index is 14.9. The molecular weight excluding hydrogens is 640 g/mol. The molecule has 48 heavy (non-hydrogen) atoms. The van der Waals surface area contributed by atoms with Gasteiger partial charge in [0.25, 0.3) is 5.56 Å². The second kappa shape index (κ2) is 15.5. The van der Waals surface area contributed by atoms with Crippen molar-refractivity contribution in [3.8, 4) is 11.1 Å². The number of alkyl halides is 3. The van der Waals surface area contributed by atoms with Gasteiger partial charge in [0.05, 0.1) is 26.1 Å². The molecule has 5 rings (SSSR count). The smallest absolute Gasteiger partial charge is 0.336 e. The number of halogens is 4. The molecule has 1 aliphatic rings. The average molecular weight is 698 g/mol. The molecule has 3 aromatic carbocycles. The highest BCUT2D eigenvalue weighted by Crippen LogP contribution is 2.34. The minimum absolute atomic E-state index is 0.102. The minimum Gasteiger partial charge on any atom is -0.336 e. The lowest BCUT2D eigenvalue weighted by atomic mass is 9.98. The Bertz CT molecular complexity index is 2590. The summed E-state index contributed by atoms with van der Waals surface area (Å²) in [6.45, 7) is -8.89. The summed E-state index contributed by atoms with van der Waals surface area (Å²) >= 11 is 0.596. The quantitative estimate of drug-likeness (QED) is 0.0822. The molecule has 0 bridgehead atoms. The van der Waals surface area contributed by atoms with Crippen LogP contribution >= 0.6 is 11.8 Å². The molecule has 0 fully saturated rings. The van der Waals surface area contributed by atoms with Crippen molar-refractivity contribution in [2.24, 2.45) is 0 Å². The van der Waals surface area contributed by atoms with Gasteiger partial charge in [-0.2, -0.15) is 18.2 Å². The van der Waals surface area contributed by atoms with Gasteiger partial charge in [0.2, 0.25) is 5.91 Å². The maximum Gasteiger partial charge on any atom is 0.416 e. The van der Waals surface area contributed by atoms with Crippen LogP contribution in [0.3, 0.4) is 0 Å². The molecule has 0 saturated heterocycles. The van der Waals surface area contributed by atoms with Gasteiger partial charge in [0, 0.05) is 39.2 Å². The van der Waals surface area contributed by atoms with Crippen LogP contribution in [0.15, 0.2) is 76.4 Å². The fourth-order valence-electron chi connectivity index (χ4n) is 4.77. The lowest BCUT2D eigenvalue weighted by molar-refractivity contribution is -0.138. The van der Waals surface area contributed by atoms with Crippen molar-refractivity contribution in [3.05, 3.63) is 116 Å². The van der Waals surface area contributed by atoms with Crippen LogP contribution in [0.25, 0.3) is 11.1 Å². The van der Waals surface area contributed by atoms with E-state index in [1.165, 1.54) is 13.8 Å². The standard InChI is InChI=1S/C37H40F4N4O2S/c1-4-43(5-2)19-20-44(22-26-9-13-28(14-10-26)29-15-18-32(25(3)21-29)37(39,40)41)34(46)23-45-33-8-6-7-31(33)35(47)42-36(45)48-24-27-11-16-30(38)17-12-27/h9-18,21H,4-8,19-20,22-24H2,1-3H3/i9D,10D,11D,12D,13D,14D,15D,16D,17D,18D,19D2,20D2,21D,22D2. The highest BCUT2D eigenvalue weighted by molar-refractivity contribution is 7.98. The highest BCUT2D eigenvalue weighted by atomic mass is 32.2. The number of nitrogens with zero attached hydrogens (tertiary/aromatic N) is 4. The van der Waals surface area contributed by atoms with Crippen LogP contribution in [-0.2, 0) is 42.6 Å². The molecule has 0 unspecified atom stereocenters. The number of aromatic nitrogens is 2. The maximum atomic E-state index is 14.9. The molecule has 0 saturated carbocycles. The van der Waals surface area contributed by atoms with E-state index in [2.05, 4.69) is 4.98 Å². The summed E-state index contributed by atoms with van der Waals surface area (Å²) in [7, 11) is 0. The summed E-state index contributed by atoms with van der Waals surface area (Å²) in [5, 5.41) is -0.343. The Hall–Kier alpha value is -3.96. The zero-order valence-electron chi connectivity index (χ0n) is 43.0. The summed E-state index contributed by atoms with van der Waals surface area (Å²) in [6.07, 6.45) is -4.61. The largest absolute Gasteiger partial charge is 0.416 e. The van der Waals surface area contributed by atoms with Crippen LogP contribution < -0.4 is 5.56 Å². The number of likely N-dealkylation sites (N-methyl/N-ethyl adjacent to an activating group) is 1. The van der Waals surface area contributed by atoms with Crippen LogP contribution in [0.2, 0.25) is 0 Å². The van der Waals surface area contributed by atoms with E-state index in [-0.39, 0.29) is 52.8 Å². The molecule has 11 heteroatoms. The third-order valence-electron chi connectivity index (χ3n) is 7.20. The molecule has 0 atom stereocenters. The summed E-state index contributed by atoms with van der Waals surface area (Å²) in [5.74, 6) is -3.54. The van der Waals surface area contributed by atoms with Crippen molar-refractivity contribution in [2.45, 2.75) is 70.2 Å². The van der Waals surface area contributed by atoms with E-state index in [0.717, 1.165) is 16.4 Å². The second-order valence-corrected chi connectivity index (χ2v) is 11.3. The fraction of sp³-hybridized carbons (Fsp3) is 0.378. The van der Waals surface area contributed by atoms with E-state index in [1.54, 1.807) is 0 Å². The monoisotopic (exact) mass is 697 g/mol. The molecule has 0 radical (unpaired) electrons.